The van der Waals surface area contributed by atoms with E-state index in [0.717, 1.165) is 44.7 Å². The number of aryl methyl sites for hydroxylation is 1. The molecule has 4 rings (SSSR count). The van der Waals surface area contributed by atoms with Gasteiger partial charge >= 0.3 is 6.03 Å². The van der Waals surface area contributed by atoms with E-state index in [1.807, 2.05) is 35.2 Å². The average Bonchev–Trinajstić information content (AvgIpc) is 2.77. The van der Waals surface area contributed by atoms with Crippen molar-refractivity contribution in [3.05, 3.63) is 59.7 Å². The summed E-state index contributed by atoms with van der Waals surface area (Å²) in [6, 6.07) is 17.4. The van der Waals surface area contributed by atoms with Crippen LogP contribution in [0.25, 0.3) is 0 Å². The number of para-hydroxylation sites is 1. The molecular formula is C25H34N4O. The number of carbonyl (C=O) groups is 1. The molecule has 160 valence electrons. The summed E-state index contributed by atoms with van der Waals surface area (Å²) in [5.41, 5.74) is 5.03. The predicted molar refractivity (Wildman–Crippen MR) is 124 cm³/mol. The molecule has 2 saturated heterocycles. The van der Waals surface area contributed by atoms with Crippen molar-refractivity contribution in [1.82, 2.24) is 10.2 Å². The summed E-state index contributed by atoms with van der Waals surface area (Å²) in [7, 11) is 0. The number of benzene rings is 2. The Morgan fingerprint density at radius 1 is 0.833 bits per heavy atom. The van der Waals surface area contributed by atoms with E-state index in [0.29, 0.717) is 12.1 Å². The second-order valence-electron chi connectivity index (χ2n) is 8.70. The molecule has 0 bridgehead atoms. The number of hydrogen-bond acceptors (Lipinski definition) is 3. The molecule has 2 amide bonds. The minimum absolute atomic E-state index is 0.0153. The van der Waals surface area contributed by atoms with E-state index in [2.05, 4.69) is 47.6 Å². The number of piperidine rings is 2. The number of urea groups is 1. The van der Waals surface area contributed by atoms with Crippen LogP contribution in [0, 0.1) is 13.8 Å². The molecule has 2 aromatic rings. The van der Waals surface area contributed by atoms with Gasteiger partial charge in [0, 0.05) is 49.6 Å². The molecule has 0 saturated carbocycles. The molecule has 0 aromatic heterocycles. The zero-order valence-corrected chi connectivity index (χ0v) is 18.2. The molecule has 0 spiro atoms. The molecule has 5 nitrogen and oxygen atoms in total. The molecule has 30 heavy (non-hydrogen) atoms. The summed E-state index contributed by atoms with van der Waals surface area (Å²) in [6.07, 6.45) is 4.42. The molecular weight excluding hydrogens is 372 g/mol. The van der Waals surface area contributed by atoms with E-state index in [1.54, 1.807) is 0 Å². The predicted octanol–water partition coefficient (Wildman–Crippen LogP) is 4.56. The van der Waals surface area contributed by atoms with Gasteiger partial charge in [0.05, 0.1) is 0 Å². The third-order valence-corrected chi connectivity index (χ3v) is 6.69. The van der Waals surface area contributed by atoms with Crippen molar-refractivity contribution >= 4 is 17.4 Å². The first kappa shape index (κ1) is 20.7. The Bertz CT molecular complexity index is 837. The van der Waals surface area contributed by atoms with Gasteiger partial charge in [0.25, 0.3) is 0 Å². The van der Waals surface area contributed by atoms with Crippen molar-refractivity contribution in [2.45, 2.75) is 51.6 Å². The second kappa shape index (κ2) is 9.52. The Morgan fingerprint density at radius 2 is 1.47 bits per heavy atom. The lowest BCUT2D eigenvalue weighted by Gasteiger charge is -2.39. The van der Waals surface area contributed by atoms with E-state index in [-0.39, 0.29) is 6.03 Å². The number of nitrogens with zero attached hydrogens (tertiary/aromatic N) is 2. The van der Waals surface area contributed by atoms with E-state index < -0.39 is 0 Å². The summed E-state index contributed by atoms with van der Waals surface area (Å²) in [5, 5.41) is 6.88. The van der Waals surface area contributed by atoms with Gasteiger partial charge in [-0.25, -0.2) is 4.79 Å². The number of hydrogen-bond donors (Lipinski definition) is 2. The van der Waals surface area contributed by atoms with Gasteiger partial charge in [-0.3, -0.25) is 0 Å². The van der Waals surface area contributed by atoms with Crippen LogP contribution in [0.3, 0.4) is 0 Å². The maximum absolute atomic E-state index is 12.5. The lowest BCUT2D eigenvalue weighted by atomic mass is 9.98. The summed E-state index contributed by atoms with van der Waals surface area (Å²) in [4.78, 5) is 17.0. The average molecular weight is 407 g/mol. The van der Waals surface area contributed by atoms with Crippen LogP contribution in [-0.2, 0) is 0 Å². The highest BCUT2D eigenvalue weighted by Crippen LogP contribution is 2.26. The topological polar surface area (TPSA) is 47.6 Å². The minimum atomic E-state index is 0.0153. The Morgan fingerprint density at radius 3 is 2.13 bits per heavy atom. The van der Waals surface area contributed by atoms with Crippen LogP contribution in [-0.4, -0.2) is 49.2 Å². The van der Waals surface area contributed by atoms with Gasteiger partial charge in [-0.15, -0.1) is 0 Å². The summed E-state index contributed by atoms with van der Waals surface area (Å²) < 4.78 is 0. The monoisotopic (exact) mass is 406 g/mol. The van der Waals surface area contributed by atoms with Crippen molar-refractivity contribution < 1.29 is 4.79 Å². The highest BCUT2D eigenvalue weighted by Gasteiger charge is 2.27. The summed E-state index contributed by atoms with van der Waals surface area (Å²) >= 11 is 0. The van der Waals surface area contributed by atoms with Crippen molar-refractivity contribution in [3.8, 4) is 0 Å². The molecule has 5 heteroatoms. The maximum atomic E-state index is 12.5. The minimum Gasteiger partial charge on any atom is -0.371 e. The molecule has 2 aromatic carbocycles. The second-order valence-corrected chi connectivity index (χ2v) is 8.70. The fourth-order valence-electron chi connectivity index (χ4n) is 4.67. The number of anilines is 2. The fourth-order valence-corrected chi connectivity index (χ4v) is 4.67. The molecule has 2 fully saturated rings. The van der Waals surface area contributed by atoms with Gasteiger partial charge < -0.3 is 20.4 Å². The van der Waals surface area contributed by atoms with Gasteiger partial charge in [-0.05, 0) is 68.9 Å². The normalized spacial score (nSPS) is 18.5. The van der Waals surface area contributed by atoms with Crippen LogP contribution in [0.2, 0.25) is 0 Å². The standard InChI is InChI=1S/C25H34N4O/c1-19-7-6-10-24(20(19)2)28-15-11-22(12-16-28)26-23-13-17-29(18-14-23)25(30)27-21-8-4-3-5-9-21/h3-10,22-23,26H,11-18H2,1-2H3,(H,27,30). The van der Waals surface area contributed by atoms with Gasteiger partial charge in [-0.2, -0.15) is 0 Å². The highest BCUT2D eigenvalue weighted by atomic mass is 16.2. The van der Waals surface area contributed by atoms with Crippen molar-refractivity contribution in [2.24, 2.45) is 0 Å². The molecule has 2 N–H and O–H groups in total. The number of rotatable bonds is 4. The molecule has 0 aliphatic carbocycles. The smallest absolute Gasteiger partial charge is 0.321 e. The number of nitrogens with one attached hydrogen (secondary N) is 2. The molecule has 0 radical (unpaired) electrons. The first-order valence-electron chi connectivity index (χ1n) is 11.3. The zero-order chi connectivity index (χ0) is 20.9. The number of amides is 2. The Hall–Kier alpha value is -2.53. The van der Waals surface area contributed by atoms with E-state index in [4.69, 9.17) is 0 Å². The van der Waals surface area contributed by atoms with Crippen LogP contribution in [0.5, 0.6) is 0 Å². The van der Waals surface area contributed by atoms with Gasteiger partial charge in [-0.1, -0.05) is 30.3 Å². The first-order valence-corrected chi connectivity index (χ1v) is 11.3. The zero-order valence-electron chi connectivity index (χ0n) is 18.2. The van der Waals surface area contributed by atoms with Crippen molar-refractivity contribution in [3.63, 3.8) is 0 Å². The Labute approximate surface area is 180 Å². The van der Waals surface area contributed by atoms with Crippen LogP contribution in [0.4, 0.5) is 16.2 Å². The lowest BCUT2D eigenvalue weighted by molar-refractivity contribution is 0.184. The van der Waals surface area contributed by atoms with Crippen LogP contribution >= 0.6 is 0 Å². The molecule has 2 aliphatic heterocycles. The Kier molecular flexibility index (Phi) is 6.58. The molecule has 0 unspecified atom stereocenters. The molecule has 2 aliphatic rings. The van der Waals surface area contributed by atoms with Gasteiger partial charge in [0.1, 0.15) is 0 Å². The van der Waals surface area contributed by atoms with E-state index >= 15 is 0 Å². The van der Waals surface area contributed by atoms with Gasteiger partial charge in [0.2, 0.25) is 0 Å². The van der Waals surface area contributed by atoms with Crippen LogP contribution in [0.1, 0.15) is 36.8 Å². The largest absolute Gasteiger partial charge is 0.371 e. The van der Waals surface area contributed by atoms with Crippen LogP contribution in [0.15, 0.2) is 48.5 Å². The maximum Gasteiger partial charge on any atom is 0.321 e. The van der Waals surface area contributed by atoms with Crippen molar-refractivity contribution in [1.29, 1.82) is 0 Å². The van der Waals surface area contributed by atoms with E-state index in [9.17, 15) is 4.79 Å². The first-order chi connectivity index (χ1) is 14.6. The van der Waals surface area contributed by atoms with Gasteiger partial charge in [0.15, 0.2) is 0 Å². The van der Waals surface area contributed by atoms with Crippen molar-refractivity contribution in [2.75, 3.05) is 36.4 Å². The highest BCUT2D eigenvalue weighted by molar-refractivity contribution is 5.89. The lowest BCUT2D eigenvalue weighted by Crippen LogP contribution is -2.51. The summed E-state index contributed by atoms with van der Waals surface area (Å²) in [6.45, 7) is 8.28. The van der Waals surface area contributed by atoms with Crippen LogP contribution < -0.4 is 15.5 Å². The fraction of sp³-hybridized carbons (Fsp3) is 0.480. The SMILES string of the molecule is Cc1cccc(N2CCC(NC3CCN(C(=O)Nc4ccccc4)CC3)CC2)c1C. The quantitative estimate of drug-likeness (QED) is 0.783. The molecule has 2 heterocycles. The Balaban J connectivity index is 1.21. The summed E-state index contributed by atoms with van der Waals surface area (Å²) in [5.74, 6) is 0. The number of carbonyl (C=O) groups excluding carboxylic acids is 1. The molecule has 0 atom stereocenters. The van der Waals surface area contributed by atoms with E-state index in [1.165, 1.54) is 29.7 Å². The third kappa shape index (κ3) is 4.96. The number of likely N-dealkylation sites (tertiary alicyclic amines) is 1. The third-order valence-electron chi connectivity index (χ3n) is 6.69.